The summed E-state index contributed by atoms with van der Waals surface area (Å²) in [5.74, 6) is -0.549. The van der Waals surface area contributed by atoms with Gasteiger partial charge < -0.3 is 10.4 Å². The van der Waals surface area contributed by atoms with Crippen LogP contribution < -0.4 is 5.32 Å². The first-order chi connectivity index (χ1) is 9.87. The maximum absolute atomic E-state index is 12.5. The van der Waals surface area contributed by atoms with Gasteiger partial charge in [0.1, 0.15) is 10.9 Å². The fourth-order valence-corrected chi connectivity index (χ4v) is 3.30. The topological polar surface area (TPSA) is 92.2 Å². The van der Waals surface area contributed by atoms with E-state index >= 15 is 0 Å². The van der Waals surface area contributed by atoms with Crippen LogP contribution in [0.2, 0.25) is 0 Å². The molecule has 0 radical (unpaired) electrons. The van der Waals surface area contributed by atoms with Crippen LogP contribution in [0, 0.1) is 13.8 Å². The van der Waals surface area contributed by atoms with E-state index in [1.165, 1.54) is 11.8 Å². The van der Waals surface area contributed by atoms with Gasteiger partial charge in [0, 0.05) is 0 Å². The molecule has 2 N–H and O–H groups in total. The Kier molecular flexibility index (Phi) is 4.51. The number of nitrogens with zero attached hydrogens (tertiary/aromatic N) is 2. The smallest absolute Gasteiger partial charge is 0.305 e. The lowest BCUT2D eigenvalue weighted by atomic mass is 9.74. The Morgan fingerprint density at radius 1 is 1.33 bits per heavy atom. The van der Waals surface area contributed by atoms with Gasteiger partial charge in [-0.2, -0.15) is 0 Å². The average molecular weight is 309 g/mol. The van der Waals surface area contributed by atoms with Crippen LogP contribution in [-0.4, -0.2) is 38.7 Å². The van der Waals surface area contributed by atoms with E-state index in [-0.39, 0.29) is 12.3 Å². The second-order valence-corrected chi connectivity index (χ2v) is 6.19. The third-order valence-corrected chi connectivity index (χ3v) is 4.45. The number of rotatable bonds is 5. The Bertz CT molecular complexity index is 585. The number of aromatic nitrogens is 2. The molecule has 0 unspecified atom stereocenters. The summed E-state index contributed by atoms with van der Waals surface area (Å²) in [6, 6.07) is 0. The van der Waals surface area contributed by atoms with Crippen LogP contribution in [0.4, 0.5) is 0 Å². The van der Waals surface area contributed by atoms with Crippen LogP contribution in [0.25, 0.3) is 0 Å². The van der Waals surface area contributed by atoms with Crippen molar-refractivity contribution in [1.82, 2.24) is 15.3 Å². The quantitative estimate of drug-likeness (QED) is 0.638. The number of aliphatic carboxylic acids is 1. The molecule has 0 bridgehead atoms. The average Bonchev–Trinajstić information content (AvgIpc) is 2.34. The molecule has 1 aliphatic carbocycles. The van der Waals surface area contributed by atoms with Gasteiger partial charge in [-0.15, -0.1) is 11.8 Å². The summed E-state index contributed by atoms with van der Waals surface area (Å²) < 4.78 is 0. The zero-order valence-corrected chi connectivity index (χ0v) is 13.2. The molecule has 1 aliphatic rings. The molecule has 1 aromatic rings. The van der Waals surface area contributed by atoms with Crippen LogP contribution in [0.15, 0.2) is 5.03 Å². The largest absolute Gasteiger partial charge is 0.481 e. The van der Waals surface area contributed by atoms with E-state index in [0.717, 1.165) is 6.42 Å². The second kappa shape index (κ2) is 6.01. The highest BCUT2D eigenvalue weighted by atomic mass is 32.2. The lowest BCUT2D eigenvalue weighted by molar-refractivity contribution is -0.139. The second-order valence-electron chi connectivity index (χ2n) is 5.40. The number of carboxylic acid groups (broad SMARTS) is 1. The van der Waals surface area contributed by atoms with Crippen molar-refractivity contribution in [3.63, 3.8) is 0 Å². The number of thioether (sulfide) groups is 1. The number of amides is 1. The van der Waals surface area contributed by atoms with Crippen molar-refractivity contribution in [3.05, 3.63) is 17.1 Å². The van der Waals surface area contributed by atoms with Gasteiger partial charge in [-0.05, 0) is 39.4 Å². The molecule has 6 nitrogen and oxygen atoms in total. The fraction of sp³-hybridized carbons (Fsp3) is 0.571. The molecule has 0 saturated heterocycles. The van der Waals surface area contributed by atoms with Crippen molar-refractivity contribution in [1.29, 1.82) is 0 Å². The molecule has 21 heavy (non-hydrogen) atoms. The lowest BCUT2D eigenvalue weighted by Gasteiger charge is -2.41. The Labute approximate surface area is 127 Å². The summed E-state index contributed by atoms with van der Waals surface area (Å²) in [5.41, 5.74) is 0.453. The number of carbonyl (C=O) groups excluding carboxylic acids is 1. The molecule has 1 amide bonds. The molecule has 0 aliphatic heterocycles. The Morgan fingerprint density at radius 2 is 2.00 bits per heavy atom. The number of aryl methyl sites for hydroxylation is 2. The van der Waals surface area contributed by atoms with E-state index in [1.54, 1.807) is 13.8 Å². The van der Waals surface area contributed by atoms with Gasteiger partial charge in [0.15, 0.2) is 0 Å². The summed E-state index contributed by atoms with van der Waals surface area (Å²) in [5, 5.41) is 12.5. The maximum Gasteiger partial charge on any atom is 0.305 e. The SMILES string of the molecule is CSc1nc(C)nc(C)c1C(=O)NC1(CC(=O)O)CCC1. The highest BCUT2D eigenvalue weighted by Crippen LogP contribution is 2.35. The van der Waals surface area contributed by atoms with Crippen molar-refractivity contribution >= 4 is 23.6 Å². The van der Waals surface area contributed by atoms with Crippen LogP contribution in [0.3, 0.4) is 0 Å². The van der Waals surface area contributed by atoms with Crippen molar-refractivity contribution in [2.45, 2.75) is 50.1 Å². The standard InChI is InChI=1S/C14H19N3O3S/c1-8-11(13(21-3)16-9(2)15-8)12(20)17-14(5-4-6-14)7-10(18)19/h4-7H2,1-3H3,(H,17,20)(H,18,19). The Hall–Kier alpha value is -1.63. The maximum atomic E-state index is 12.5. The van der Waals surface area contributed by atoms with E-state index in [9.17, 15) is 9.59 Å². The monoisotopic (exact) mass is 309 g/mol. The van der Waals surface area contributed by atoms with E-state index in [4.69, 9.17) is 5.11 Å². The van der Waals surface area contributed by atoms with Gasteiger partial charge in [-0.25, -0.2) is 9.97 Å². The molecule has 7 heteroatoms. The van der Waals surface area contributed by atoms with Gasteiger partial charge in [-0.1, -0.05) is 0 Å². The normalized spacial score (nSPS) is 16.1. The van der Waals surface area contributed by atoms with E-state index in [1.807, 2.05) is 6.26 Å². The first kappa shape index (κ1) is 15.8. The summed E-state index contributed by atoms with van der Waals surface area (Å²) >= 11 is 1.39. The third kappa shape index (κ3) is 3.34. The molecular weight excluding hydrogens is 290 g/mol. The highest BCUT2D eigenvalue weighted by Gasteiger charge is 2.41. The number of carboxylic acids is 1. The van der Waals surface area contributed by atoms with E-state index in [0.29, 0.717) is 34.9 Å². The molecular formula is C14H19N3O3S. The predicted molar refractivity (Wildman–Crippen MR) is 79.6 cm³/mol. The van der Waals surface area contributed by atoms with Crippen molar-refractivity contribution in [2.24, 2.45) is 0 Å². The zero-order valence-electron chi connectivity index (χ0n) is 12.4. The summed E-state index contributed by atoms with van der Waals surface area (Å²) in [7, 11) is 0. The van der Waals surface area contributed by atoms with E-state index < -0.39 is 11.5 Å². The van der Waals surface area contributed by atoms with Crippen LogP contribution in [0.5, 0.6) is 0 Å². The fourth-order valence-electron chi connectivity index (χ4n) is 2.63. The number of hydrogen-bond acceptors (Lipinski definition) is 5. The lowest BCUT2D eigenvalue weighted by Crippen LogP contribution is -2.54. The molecule has 1 saturated carbocycles. The number of hydrogen-bond donors (Lipinski definition) is 2. The molecule has 114 valence electrons. The minimum atomic E-state index is -0.892. The van der Waals surface area contributed by atoms with Crippen molar-refractivity contribution in [3.8, 4) is 0 Å². The van der Waals surface area contributed by atoms with Gasteiger partial charge in [0.05, 0.1) is 23.2 Å². The summed E-state index contributed by atoms with van der Waals surface area (Å²) in [6.07, 6.45) is 4.15. The van der Waals surface area contributed by atoms with Gasteiger partial charge in [0.25, 0.3) is 5.91 Å². The molecule has 0 aromatic carbocycles. The zero-order chi connectivity index (χ0) is 15.6. The molecule has 1 heterocycles. The van der Waals surface area contributed by atoms with Crippen molar-refractivity contribution in [2.75, 3.05) is 6.26 Å². The van der Waals surface area contributed by atoms with Crippen LogP contribution in [-0.2, 0) is 4.79 Å². The number of carbonyl (C=O) groups is 2. The Morgan fingerprint density at radius 3 is 2.48 bits per heavy atom. The van der Waals surface area contributed by atoms with Crippen LogP contribution in [0.1, 0.15) is 47.6 Å². The molecule has 0 spiro atoms. The molecule has 1 aromatic heterocycles. The first-order valence-electron chi connectivity index (χ1n) is 6.80. The highest BCUT2D eigenvalue weighted by molar-refractivity contribution is 7.98. The molecule has 0 atom stereocenters. The molecule has 2 rings (SSSR count). The van der Waals surface area contributed by atoms with Crippen LogP contribution >= 0.6 is 11.8 Å². The van der Waals surface area contributed by atoms with Gasteiger partial charge >= 0.3 is 5.97 Å². The minimum Gasteiger partial charge on any atom is -0.481 e. The van der Waals surface area contributed by atoms with Gasteiger partial charge in [-0.3, -0.25) is 9.59 Å². The van der Waals surface area contributed by atoms with Crippen molar-refractivity contribution < 1.29 is 14.7 Å². The summed E-state index contributed by atoms with van der Waals surface area (Å²) in [6.45, 7) is 3.56. The minimum absolute atomic E-state index is 0.0426. The summed E-state index contributed by atoms with van der Waals surface area (Å²) in [4.78, 5) is 32.0. The first-order valence-corrected chi connectivity index (χ1v) is 8.03. The van der Waals surface area contributed by atoms with E-state index in [2.05, 4.69) is 15.3 Å². The molecule has 1 fully saturated rings. The third-order valence-electron chi connectivity index (χ3n) is 3.77. The number of nitrogens with one attached hydrogen (secondary N) is 1. The van der Waals surface area contributed by atoms with Gasteiger partial charge in [0.2, 0.25) is 0 Å². The predicted octanol–water partition coefficient (Wildman–Crippen LogP) is 1.94. The Balaban J connectivity index is 2.26.